The lowest BCUT2D eigenvalue weighted by atomic mass is 10.0. The number of nitrogens with zero attached hydrogens (tertiary/aromatic N) is 6. The summed E-state index contributed by atoms with van der Waals surface area (Å²) < 4.78 is 105. The van der Waals surface area contributed by atoms with Crippen LogP contribution in [0.3, 0.4) is 0 Å². The molecule has 0 spiro atoms. The van der Waals surface area contributed by atoms with Gasteiger partial charge in [0.2, 0.25) is 15.9 Å². The maximum Gasteiger partial charge on any atom is 0.266 e. The van der Waals surface area contributed by atoms with Gasteiger partial charge in [-0.05, 0) is 92.3 Å². The highest BCUT2D eigenvalue weighted by atomic mass is 35.5. The molecular weight excluding hydrogens is 855 g/mol. The summed E-state index contributed by atoms with van der Waals surface area (Å²) in [7, 11) is -4.01. The number of amides is 1. The van der Waals surface area contributed by atoms with Gasteiger partial charge in [-0.25, -0.2) is 35.4 Å². The molecule has 2 aliphatic carbocycles. The van der Waals surface area contributed by atoms with Crippen molar-refractivity contribution in [1.29, 1.82) is 0 Å². The summed E-state index contributed by atoms with van der Waals surface area (Å²) in [6, 6.07) is 15.3. The number of alkyl halides is 2. The maximum atomic E-state index is 15.1. The van der Waals surface area contributed by atoms with Crippen LogP contribution in [0.1, 0.15) is 67.7 Å². The molecule has 7 aromatic rings. The number of hydrogen-bond donors (Lipinski definition) is 2. The zero-order valence-corrected chi connectivity index (χ0v) is 34.3. The largest absolute Gasteiger partial charge is 0.344 e. The zero-order chi connectivity index (χ0) is 43.6. The van der Waals surface area contributed by atoms with E-state index in [9.17, 15) is 30.8 Å². The van der Waals surface area contributed by atoms with Crippen molar-refractivity contribution in [3.8, 4) is 16.8 Å². The summed E-state index contributed by atoms with van der Waals surface area (Å²) in [5.74, 6) is -3.32. The first-order valence-corrected chi connectivity index (χ1v) is 21.7. The Morgan fingerprint density at radius 3 is 2.37 bits per heavy atom. The number of halogens is 6. The lowest BCUT2D eigenvalue weighted by molar-refractivity contribution is -0.125. The van der Waals surface area contributed by atoms with E-state index in [4.69, 9.17) is 16.6 Å². The molecule has 3 heterocycles. The molecule has 0 aliphatic heterocycles. The van der Waals surface area contributed by atoms with Gasteiger partial charge in [-0.15, -0.1) is 0 Å². The molecule has 9 rings (SSSR count). The van der Waals surface area contributed by atoms with Crippen LogP contribution in [0.5, 0.6) is 0 Å². The van der Waals surface area contributed by atoms with Crippen LogP contribution in [0.25, 0.3) is 38.6 Å². The molecule has 4 aromatic carbocycles. The van der Waals surface area contributed by atoms with Gasteiger partial charge in [0.1, 0.15) is 35.9 Å². The van der Waals surface area contributed by atoms with Crippen LogP contribution in [-0.2, 0) is 27.8 Å². The normalized spacial score (nSPS) is 15.4. The Labute approximate surface area is 355 Å². The Bertz CT molecular complexity index is 3070. The number of rotatable bonds is 14. The van der Waals surface area contributed by atoms with E-state index in [1.807, 2.05) is 6.07 Å². The highest BCUT2D eigenvalue weighted by molar-refractivity contribution is 7.93. The Hall–Kier alpha value is -6.14. The molecule has 62 heavy (non-hydrogen) atoms. The Morgan fingerprint density at radius 1 is 0.935 bits per heavy atom. The fourth-order valence-electron chi connectivity index (χ4n) is 7.66. The number of anilines is 1. The first-order chi connectivity index (χ1) is 29.6. The average Bonchev–Trinajstić information content (AvgIpc) is 4.17. The fraction of sp³-hybridized carbons (Fsp3) is 0.279. The van der Waals surface area contributed by atoms with Crippen molar-refractivity contribution in [1.82, 2.24) is 34.4 Å². The fourth-order valence-corrected chi connectivity index (χ4v) is 9.23. The Kier molecular flexibility index (Phi) is 10.6. The molecule has 1 amide bonds. The molecule has 2 N–H and O–H groups in total. The minimum Gasteiger partial charge on any atom is -0.344 e. The summed E-state index contributed by atoms with van der Waals surface area (Å²) in [5.41, 5.74) is 0.323. The van der Waals surface area contributed by atoms with Gasteiger partial charge in [0.25, 0.3) is 12.0 Å². The second-order valence-electron chi connectivity index (χ2n) is 15.6. The van der Waals surface area contributed by atoms with Crippen LogP contribution in [0.15, 0.2) is 89.9 Å². The second kappa shape index (κ2) is 16.0. The third kappa shape index (κ3) is 8.03. The van der Waals surface area contributed by atoms with E-state index < -0.39 is 69.2 Å². The predicted octanol–water partition coefficient (Wildman–Crippen LogP) is 8.38. The van der Waals surface area contributed by atoms with Gasteiger partial charge >= 0.3 is 0 Å². The van der Waals surface area contributed by atoms with E-state index in [0.717, 1.165) is 39.9 Å². The van der Waals surface area contributed by atoms with Crippen LogP contribution in [0, 0.1) is 17.5 Å². The van der Waals surface area contributed by atoms with Crippen molar-refractivity contribution in [3.05, 3.63) is 135 Å². The lowest BCUT2D eigenvalue weighted by Gasteiger charge is -2.25. The zero-order valence-electron chi connectivity index (χ0n) is 32.7. The summed E-state index contributed by atoms with van der Waals surface area (Å²) in [6.45, 7) is 0.536. The van der Waals surface area contributed by atoms with Crippen LogP contribution in [-0.4, -0.2) is 55.1 Å². The number of sulfonamides is 1. The molecule has 2 aliphatic rings. The van der Waals surface area contributed by atoms with Gasteiger partial charge in [0.15, 0.2) is 5.82 Å². The molecule has 320 valence electrons. The van der Waals surface area contributed by atoms with E-state index >= 15 is 9.18 Å². The quantitative estimate of drug-likeness (QED) is 0.104. The smallest absolute Gasteiger partial charge is 0.266 e. The SMILES string of the molecule is C[C@H](C(=O)N[C@@H](Cc1cc(F)cc(F)c1)c1nc2cc(-c3ccccc3F)ccc2c(=O)n1-c1ccc(Cl)c2c(NS(=O)(=O)C3CC3)nn(CC(F)F)c12)n1ccc(C2CC2)n1. The number of carbonyl (C=O) groups excluding carboxylic acids is 1. The molecule has 19 heteroatoms. The standard InChI is InChI=1S/C43H36ClF5N8O4S/c1-22(55-15-14-33(52-55)24-6-7-24)42(58)51-35(18-23-16-26(45)20-27(46)17-23)41-50-34-19-25(29-4-2-3-5-32(29)47)8-11-30(34)43(59)57(41)36-13-12-31(44)38-39(36)56(21-37(48)49)53-40(38)54-62(60,61)28-9-10-28/h2-5,8,11-17,19-20,22,24,28,35,37H,6-7,9-10,18,21H2,1H3,(H,51,58)(H,53,54)/t22-,35+/m1/s1. The van der Waals surface area contributed by atoms with Crippen molar-refractivity contribution >= 4 is 55.2 Å². The van der Waals surface area contributed by atoms with Crippen molar-refractivity contribution in [2.24, 2.45) is 0 Å². The molecule has 0 unspecified atom stereocenters. The number of benzene rings is 4. The molecule has 2 fully saturated rings. The van der Waals surface area contributed by atoms with E-state index in [1.165, 1.54) is 53.2 Å². The molecule has 2 saturated carbocycles. The summed E-state index contributed by atoms with van der Waals surface area (Å²) in [5, 5.41) is 10.8. The molecule has 3 aromatic heterocycles. The Balaban J connectivity index is 1.29. The summed E-state index contributed by atoms with van der Waals surface area (Å²) >= 11 is 6.70. The van der Waals surface area contributed by atoms with E-state index in [1.54, 1.807) is 19.2 Å². The number of fused-ring (bicyclic) bond motifs is 2. The molecule has 2 atom stereocenters. The second-order valence-corrected chi connectivity index (χ2v) is 18.0. The maximum absolute atomic E-state index is 15.1. The number of nitrogens with one attached hydrogen (secondary N) is 2. The molecule has 0 saturated heterocycles. The van der Waals surface area contributed by atoms with Gasteiger partial charge in [-0.2, -0.15) is 10.2 Å². The van der Waals surface area contributed by atoms with E-state index in [0.29, 0.717) is 24.5 Å². The third-order valence-corrected chi connectivity index (χ3v) is 13.2. The van der Waals surface area contributed by atoms with Crippen molar-refractivity contribution in [2.45, 2.75) is 75.2 Å². The van der Waals surface area contributed by atoms with Crippen molar-refractivity contribution in [3.63, 3.8) is 0 Å². The van der Waals surface area contributed by atoms with Gasteiger partial charge < -0.3 is 5.32 Å². The van der Waals surface area contributed by atoms with Gasteiger partial charge in [0.05, 0.1) is 49.5 Å². The van der Waals surface area contributed by atoms with Gasteiger partial charge in [-0.1, -0.05) is 35.9 Å². The molecule has 0 radical (unpaired) electrons. The molecule has 12 nitrogen and oxygen atoms in total. The number of carbonyl (C=O) groups is 1. The summed E-state index contributed by atoms with van der Waals surface area (Å²) in [4.78, 5) is 34.3. The minimum atomic E-state index is -4.01. The highest BCUT2D eigenvalue weighted by Crippen LogP contribution is 2.40. The number of hydrogen-bond acceptors (Lipinski definition) is 7. The van der Waals surface area contributed by atoms with E-state index in [2.05, 4.69) is 20.2 Å². The minimum absolute atomic E-state index is 0.0223. The molecular formula is C43H36ClF5N8O4S. The first kappa shape index (κ1) is 41.2. The third-order valence-electron chi connectivity index (χ3n) is 11.0. The van der Waals surface area contributed by atoms with Gasteiger partial charge in [0, 0.05) is 30.2 Å². The molecule has 0 bridgehead atoms. The van der Waals surface area contributed by atoms with Crippen LogP contribution < -0.4 is 15.6 Å². The van der Waals surface area contributed by atoms with Crippen LogP contribution in [0.4, 0.5) is 27.8 Å². The number of aromatic nitrogens is 6. The van der Waals surface area contributed by atoms with Crippen molar-refractivity contribution in [2.75, 3.05) is 4.72 Å². The summed E-state index contributed by atoms with van der Waals surface area (Å²) in [6.07, 6.45) is 0.988. The highest BCUT2D eigenvalue weighted by Gasteiger charge is 2.37. The van der Waals surface area contributed by atoms with Gasteiger partial charge in [-0.3, -0.25) is 28.2 Å². The predicted molar refractivity (Wildman–Crippen MR) is 222 cm³/mol. The first-order valence-electron chi connectivity index (χ1n) is 19.8. The monoisotopic (exact) mass is 890 g/mol. The average molecular weight is 891 g/mol. The van der Waals surface area contributed by atoms with Crippen molar-refractivity contribution < 1.29 is 35.2 Å². The topological polar surface area (TPSA) is 146 Å². The lowest BCUT2D eigenvalue weighted by Crippen LogP contribution is -2.39. The van der Waals surface area contributed by atoms with Crippen LogP contribution in [0.2, 0.25) is 5.02 Å². The van der Waals surface area contributed by atoms with E-state index in [-0.39, 0.29) is 67.6 Å². The van der Waals surface area contributed by atoms with Crippen LogP contribution >= 0.6 is 11.6 Å². The Morgan fingerprint density at radius 2 is 1.68 bits per heavy atom.